The average Bonchev–Trinajstić information content (AvgIpc) is 2.44. The lowest BCUT2D eigenvalue weighted by atomic mass is 10.3. The maximum atomic E-state index is 11.8. The van der Waals surface area contributed by atoms with Gasteiger partial charge < -0.3 is 55.2 Å². The lowest BCUT2D eigenvalue weighted by Crippen LogP contribution is -2.83. The minimum Gasteiger partial charge on any atom is -0.416 e. The Morgan fingerprint density at radius 1 is 0.500 bits per heavy atom. The Morgan fingerprint density at radius 3 is 1.32 bits per heavy atom. The van der Waals surface area contributed by atoms with Crippen molar-refractivity contribution in [3.63, 3.8) is 0 Å². The first-order chi connectivity index (χ1) is 14.9. The van der Waals surface area contributed by atoms with Crippen LogP contribution in [0.4, 0.5) is 0 Å². The van der Waals surface area contributed by atoms with E-state index in [2.05, 4.69) is 0 Å². The molecule has 0 aromatic rings. The van der Waals surface area contributed by atoms with Gasteiger partial charge in [0, 0.05) is 12.1 Å². The van der Waals surface area contributed by atoms with Crippen molar-refractivity contribution in [1.82, 2.24) is 0 Å². The van der Waals surface area contributed by atoms with Crippen LogP contribution < -0.4 is 0 Å². The van der Waals surface area contributed by atoms with E-state index in [-0.39, 0.29) is 0 Å². The van der Waals surface area contributed by atoms with E-state index in [9.17, 15) is 9.59 Å². The highest BCUT2D eigenvalue weighted by Gasteiger charge is 2.78. The molecular weight excluding hydrogens is 589 g/mol. The number of hydrogen-bond donors (Lipinski definition) is 2. The Hall–Kier alpha value is 1.22. The molecule has 2 N–H and O–H groups in total. The fourth-order valence-electron chi connectivity index (χ4n) is 3.68. The highest BCUT2D eigenvalue weighted by molar-refractivity contribution is 6.98. The minimum absolute atomic E-state index is 0.827. The highest BCUT2D eigenvalue weighted by Crippen LogP contribution is 2.47. The van der Waals surface area contributed by atoms with Gasteiger partial charge in [-0.1, -0.05) is 20.8 Å². The molecule has 4 atom stereocenters. The van der Waals surface area contributed by atoms with Gasteiger partial charge in [-0.05, 0) is 52.4 Å². The molecule has 200 valence electrons. The van der Waals surface area contributed by atoms with Crippen LogP contribution in [0.1, 0.15) is 20.8 Å². The Morgan fingerprint density at radius 2 is 0.882 bits per heavy atom. The van der Waals surface area contributed by atoms with Crippen molar-refractivity contribution in [2.75, 3.05) is 7.11 Å². The summed E-state index contributed by atoms with van der Waals surface area (Å²) in [4.78, 5) is 22.8. The van der Waals surface area contributed by atoms with Crippen molar-refractivity contribution in [3.8, 4) is 0 Å². The predicted molar refractivity (Wildman–Crippen MR) is 135 cm³/mol. The molecule has 34 heavy (non-hydrogen) atoms. The van der Waals surface area contributed by atoms with Crippen molar-refractivity contribution < 1.29 is 55.2 Å². The summed E-state index contributed by atoms with van der Waals surface area (Å²) in [6, 6.07) is 0. The first kappa shape index (κ1) is 29.8. The smallest absolute Gasteiger partial charge is 0.416 e. The SMILES string of the molecule is CO[Si]1(O)O[Si](C)(C)O[Si]2(O[Si](C)(C)O[Si]3(O[Si](C)(C)O[Si](C)(C)O[Si](O)(C(C)(C)C)O3)O2)O1. The normalized spacial score (nSPS) is 43.9. The molecule has 21 heteroatoms. The topological polar surface area (TPSA) is 142 Å². The molecule has 3 aliphatic heterocycles. The Kier molecular flexibility index (Phi) is 7.54. The van der Waals surface area contributed by atoms with Gasteiger partial charge in [-0.2, -0.15) is 0 Å². The van der Waals surface area contributed by atoms with E-state index in [0.717, 1.165) is 0 Å². The zero-order valence-electron chi connectivity index (χ0n) is 21.9. The van der Waals surface area contributed by atoms with E-state index < -0.39 is 75.2 Å². The molecule has 0 amide bonds. The lowest BCUT2D eigenvalue weighted by molar-refractivity contribution is -0.0452. The van der Waals surface area contributed by atoms with Gasteiger partial charge >= 0.3 is 70.2 Å². The first-order valence-electron chi connectivity index (χ1n) is 10.9. The average molecular weight is 627 g/mol. The van der Waals surface area contributed by atoms with Crippen molar-refractivity contribution in [2.24, 2.45) is 0 Å². The molecule has 0 saturated carbocycles. The second-order valence-corrected chi connectivity index (χ2v) is 36.7. The van der Waals surface area contributed by atoms with Crippen molar-refractivity contribution >= 4 is 70.2 Å². The molecule has 0 radical (unpaired) electrons. The molecule has 3 aliphatic rings. The lowest BCUT2D eigenvalue weighted by Gasteiger charge is -2.55. The molecule has 3 rings (SSSR count). The largest absolute Gasteiger partial charge is 0.661 e. The van der Waals surface area contributed by atoms with Crippen LogP contribution in [0.2, 0.25) is 57.4 Å². The third-order valence-electron chi connectivity index (χ3n) is 4.71. The Balaban J connectivity index is 2.15. The van der Waals surface area contributed by atoms with E-state index in [1.165, 1.54) is 7.11 Å². The van der Waals surface area contributed by atoms with E-state index in [0.29, 0.717) is 0 Å². The summed E-state index contributed by atoms with van der Waals surface area (Å²) in [6.45, 7) is 19.7. The van der Waals surface area contributed by atoms with Crippen LogP contribution in [0.5, 0.6) is 0 Å². The summed E-state index contributed by atoms with van der Waals surface area (Å²) in [7, 11) is -27.6. The van der Waals surface area contributed by atoms with Crippen LogP contribution in [0.25, 0.3) is 0 Å². The van der Waals surface area contributed by atoms with Crippen LogP contribution in [-0.2, 0) is 45.6 Å². The first-order valence-corrected chi connectivity index (χ1v) is 28.9. The van der Waals surface area contributed by atoms with Gasteiger partial charge in [0.1, 0.15) is 0 Å². The van der Waals surface area contributed by atoms with Crippen molar-refractivity contribution in [1.29, 1.82) is 0 Å². The molecule has 3 saturated heterocycles. The molecule has 0 aromatic heterocycles. The number of rotatable bonds is 1. The molecule has 13 nitrogen and oxygen atoms in total. The van der Waals surface area contributed by atoms with Gasteiger partial charge in [-0.15, -0.1) is 0 Å². The summed E-state index contributed by atoms with van der Waals surface area (Å²) < 4.78 is 67.3. The molecular formula is C13H38O13Si8. The van der Waals surface area contributed by atoms with Crippen LogP contribution >= 0.6 is 0 Å². The fraction of sp³-hybridized carbons (Fsp3) is 1.00. The Labute approximate surface area is 210 Å². The van der Waals surface area contributed by atoms with Gasteiger partial charge in [-0.25, -0.2) is 0 Å². The second-order valence-electron chi connectivity index (χ2n) is 11.2. The van der Waals surface area contributed by atoms with Crippen LogP contribution in [0.15, 0.2) is 0 Å². The van der Waals surface area contributed by atoms with E-state index >= 15 is 0 Å². The van der Waals surface area contributed by atoms with E-state index in [1.54, 1.807) is 47.0 Å². The van der Waals surface area contributed by atoms with Crippen LogP contribution in [-0.4, -0.2) is 86.9 Å². The number of hydrogen-bond acceptors (Lipinski definition) is 13. The summed E-state index contributed by atoms with van der Waals surface area (Å²) in [5.74, 6) is 0. The molecule has 4 unspecified atom stereocenters. The van der Waals surface area contributed by atoms with Crippen LogP contribution in [0.3, 0.4) is 0 Å². The zero-order valence-corrected chi connectivity index (χ0v) is 29.9. The van der Waals surface area contributed by atoms with Gasteiger partial charge in [0.15, 0.2) is 0 Å². The standard InChI is InChI=1S/C13H38O13Si8/c1-13(2,3)31(14)18-27(5,6)17-28(7,8)20-33(24-31)22-30(11,12)23-34(26-33)21-29(9,10)19-32(15,16-4)25-34/h14-15H,1-12H3. The van der Waals surface area contributed by atoms with Gasteiger partial charge in [-0.3, -0.25) is 0 Å². The monoisotopic (exact) mass is 626 g/mol. The van der Waals surface area contributed by atoms with Crippen LogP contribution in [0, 0.1) is 0 Å². The van der Waals surface area contributed by atoms with Crippen molar-refractivity contribution in [2.45, 2.75) is 78.2 Å². The molecule has 0 aromatic carbocycles. The molecule has 0 bridgehead atoms. The minimum atomic E-state index is -4.31. The van der Waals surface area contributed by atoms with Gasteiger partial charge in [0.25, 0.3) is 0 Å². The second kappa shape index (κ2) is 8.61. The maximum absolute atomic E-state index is 11.8. The summed E-state index contributed by atoms with van der Waals surface area (Å²) in [6.07, 6.45) is 0. The van der Waals surface area contributed by atoms with Crippen molar-refractivity contribution in [3.05, 3.63) is 0 Å². The zero-order chi connectivity index (χ0) is 26.3. The fourth-order valence-corrected chi connectivity index (χ4v) is 39.9. The quantitative estimate of drug-likeness (QED) is 0.408. The summed E-state index contributed by atoms with van der Waals surface area (Å²) >= 11 is 0. The Bertz CT molecular complexity index is 806. The summed E-state index contributed by atoms with van der Waals surface area (Å²) in [5, 5.41) is -0.827. The molecule has 0 aliphatic carbocycles. The summed E-state index contributed by atoms with van der Waals surface area (Å²) in [5.41, 5.74) is 0. The van der Waals surface area contributed by atoms with Gasteiger partial charge in [0.05, 0.1) is 0 Å². The highest BCUT2D eigenvalue weighted by atomic mass is 28.6. The predicted octanol–water partition coefficient (Wildman–Crippen LogP) is 1.68. The van der Waals surface area contributed by atoms with Gasteiger partial charge in [0.2, 0.25) is 0 Å². The molecule has 3 heterocycles. The molecule has 3 fully saturated rings. The third kappa shape index (κ3) is 6.43. The third-order valence-corrected chi connectivity index (χ3v) is 35.1. The van der Waals surface area contributed by atoms with E-state index in [1.807, 2.05) is 26.2 Å². The maximum Gasteiger partial charge on any atom is 0.661 e. The van der Waals surface area contributed by atoms with E-state index in [4.69, 9.17) is 45.6 Å². The molecule has 2 spiro atoms.